The van der Waals surface area contributed by atoms with E-state index in [2.05, 4.69) is 15.6 Å². The summed E-state index contributed by atoms with van der Waals surface area (Å²) in [5.74, 6) is 0.955. The Morgan fingerprint density at radius 2 is 1.93 bits per heavy atom. The maximum Gasteiger partial charge on any atom is 0.229 e. The SMILES string of the molecule is CCNC(=NCCC(=O)N1CCCC1)NC1CC(=O)N(c2ccccc2)C1.I. The Morgan fingerprint density at radius 1 is 1.21 bits per heavy atom. The highest BCUT2D eigenvalue weighted by Crippen LogP contribution is 2.20. The van der Waals surface area contributed by atoms with Gasteiger partial charge in [-0.15, -0.1) is 24.0 Å². The van der Waals surface area contributed by atoms with Crippen molar-refractivity contribution in [3.05, 3.63) is 30.3 Å². The molecule has 28 heavy (non-hydrogen) atoms. The molecule has 0 aromatic heterocycles. The number of amides is 2. The van der Waals surface area contributed by atoms with Crippen LogP contribution in [-0.2, 0) is 9.59 Å². The first-order valence-electron chi connectivity index (χ1n) is 9.85. The second-order valence-electron chi connectivity index (χ2n) is 6.98. The van der Waals surface area contributed by atoms with Crippen LogP contribution >= 0.6 is 24.0 Å². The fourth-order valence-electron chi connectivity index (χ4n) is 3.56. The Kier molecular flexibility index (Phi) is 9.01. The molecule has 0 bridgehead atoms. The van der Waals surface area contributed by atoms with Crippen LogP contribution in [0.15, 0.2) is 35.3 Å². The van der Waals surface area contributed by atoms with Gasteiger partial charge in [-0.25, -0.2) is 0 Å². The summed E-state index contributed by atoms with van der Waals surface area (Å²) in [6.07, 6.45) is 3.07. The average molecular weight is 499 g/mol. The number of carbonyl (C=O) groups is 2. The predicted molar refractivity (Wildman–Crippen MR) is 122 cm³/mol. The minimum absolute atomic E-state index is 0. The highest BCUT2D eigenvalue weighted by molar-refractivity contribution is 14.0. The van der Waals surface area contributed by atoms with E-state index in [4.69, 9.17) is 0 Å². The molecule has 1 aromatic rings. The molecular weight excluding hydrogens is 469 g/mol. The Hall–Kier alpha value is -1.84. The highest BCUT2D eigenvalue weighted by Gasteiger charge is 2.31. The van der Waals surface area contributed by atoms with Crippen molar-refractivity contribution in [2.75, 3.05) is 37.6 Å². The molecule has 2 aliphatic rings. The topological polar surface area (TPSA) is 77.0 Å². The zero-order valence-corrected chi connectivity index (χ0v) is 18.7. The van der Waals surface area contributed by atoms with Gasteiger partial charge in [0.1, 0.15) is 0 Å². The molecule has 0 aliphatic carbocycles. The van der Waals surface area contributed by atoms with Gasteiger partial charge in [0.15, 0.2) is 5.96 Å². The van der Waals surface area contributed by atoms with Crippen LogP contribution in [0, 0.1) is 0 Å². The van der Waals surface area contributed by atoms with E-state index in [1.807, 2.05) is 42.2 Å². The molecule has 0 saturated carbocycles. The number of rotatable bonds is 6. The zero-order chi connectivity index (χ0) is 19.1. The fraction of sp³-hybridized carbons (Fsp3) is 0.550. The number of halogens is 1. The predicted octanol–water partition coefficient (Wildman–Crippen LogP) is 1.98. The highest BCUT2D eigenvalue weighted by atomic mass is 127. The van der Waals surface area contributed by atoms with E-state index in [-0.39, 0.29) is 41.8 Å². The van der Waals surface area contributed by atoms with Crippen molar-refractivity contribution in [2.45, 2.75) is 38.6 Å². The first-order chi connectivity index (χ1) is 13.2. The summed E-state index contributed by atoms with van der Waals surface area (Å²) in [5.41, 5.74) is 0.921. The number of para-hydroxylation sites is 1. The monoisotopic (exact) mass is 499 g/mol. The molecule has 7 nitrogen and oxygen atoms in total. The van der Waals surface area contributed by atoms with Gasteiger partial charge in [-0.05, 0) is 31.9 Å². The number of nitrogens with zero attached hydrogens (tertiary/aromatic N) is 3. The number of hydrogen-bond acceptors (Lipinski definition) is 3. The van der Waals surface area contributed by atoms with Gasteiger partial charge in [0.05, 0.1) is 12.6 Å². The number of nitrogens with one attached hydrogen (secondary N) is 2. The molecule has 2 fully saturated rings. The van der Waals surface area contributed by atoms with Crippen LogP contribution in [0.25, 0.3) is 0 Å². The van der Waals surface area contributed by atoms with Crippen LogP contribution in [0.2, 0.25) is 0 Å². The second kappa shape index (κ2) is 11.2. The summed E-state index contributed by atoms with van der Waals surface area (Å²) >= 11 is 0. The third-order valence-electron chi connectivity index (χ3n) is 4.93. The lowest BCUT2D eigenvalue weighted by molar-refractivity contribution is -0.129. The largest absolute Gasteiger partial charge is 0.357 e. The number of guanidine groups is 1. The second-order valence-corrected chi connectivity index (χ2v) is 6.98. The van der Waals surface area contributed by atoms with Gasteiger partial charge in [-0.2, -0.15) is 0 Å². The molecular formula is C20H30IN5O2. The normalized spacial score (nSPS) is 19.5. The molecule has 0 radical (unpaired) electrons. The van der Waals surface area contributed by atoms with Gasteiger partial charge in [0.25, 0.3) is 0 Å². The molecule has 2 aliphatic heterocycles. The maximum absolute atomic E-state index is 12.4. The van der Waals surface area contributed by atoms with E-state index in [0.29, 0.717) is 31.9 Å². The van der Waals surface area contributed by atoms with Gasteiger partial charge >= 0.3 is 0 Å². The van der Waals surface area contributed by atoms with Gasteiger partial charge in [-0.1, -0.05) is 18.2 Å². The van der Waals surface area contributed by atoms with Crippen molar-refractivity contribution >= 4 is 47.4 Å². The van der Waals surface area contributed by atoms with Crippen molar-refractivity contribution in [3.63, 3.8) is 0 Å². The summed E-state index contributed by atoms with van der Waals surface area (Å²) in [5, 5.41) is 6.55. The van der Waals surface area contributed by atoms with Crippen LogP contribution in [0.5, 0.6) is 0 Å². The van der Waals surface area contributed by atoms with Crippen molar-refractivity contribution in [1.82, 2.24) is 15.5 Å². The molecule has 1 unspecified atom stereocenters. The Morgan fingerprint density at radius 3 is 2.61 bits per heavy atom. The average Bonchev–Trinajstić information content (AvgIpc) is 3.32. The number of likely N-dealkylation sites (tertiary alicyclic amines) is 1. The molecule has 2 amide bonds. The molecule has 0 spiro atoms. The Bertz CT molecular complexity index is 676. The zero-order valence-electron chi connectivity index (χ0n) is 16.4. The number of aliphatic imine (C=N–C) groups is 1. The fourth-order valence-corrected chi connectivity index (χ4v) is 3.56. The Balaban J connectivity index is 0.00000280. The third kappa shape index (κ3) is 6.08. The van der Waals surface area contributed by atoms with Crippen LogP contribution in [-0.4, -0.2) is 61.4 Å². The Labute approximate surface area is 184 Å². The van der Waals surface area contributed by atoms with Gasteiger partial charge in [0, 0.05) is 44.7 Å². The standard InChI is InChI=1S/C20H29N5O2.HI/c1-2-21-20(22-11-10-18(26)24-12-6-7-13-24)23-16-14-19(27)25(15-16)17-8-4-3-5-9-17;/h3-5,8-9,16H,2,6-7,10-15H2,1H3,(H2,21,22,23);1H. The summed E-state index contributed by atoms with van der Waals surface area (Å²) in [7, 11) is 0. The number of anilines is 1. The molecule has 2 saturated heterocycles. The van der Waals surface area contributed by atoms with E-state index in [1.54, 1.807) is 4.90 Å². The number of hydrogen-bond donors (Lipinski definition) is 2. The van der Waals surface area contributed by atoms with Crippen LogP contribution in [0.3, 0.4) is 0 Å². The van der Waals surface area contributed by atoms with Crippen molar-refractivity contribution < 1.29 is 9.59 Å². The minimum Gasteiger partial charge on any atom is -0.357 e. The van der Waals surface area contributed by atoms with E-state index in [0.717, 1.165) is 38.2 Å². The molecule has 3 rings (SSSR count). The summed E-state index contributed by atoms with van der Waals surface area (Å²) in [4.78, 5) is 32.7. The molecule has 2 N–H and O–H groups in total. The molecule has 8 heteroatoms. The van der Waals surface area contributed by atoms with E-state index in [9.17, 15) is 9.59 Å². The van der Waals surface area contributed by atoms with Crippen molar-refractivity contribution in [1.29, 1.82) is 0 Å². The summed E-state index contributed by atoms with van der Waals surface area (Å²) in [6, 6.07) is 9.72. The molecule has 154 valence electrons. The molecule has 1 aromatic carbocycles. The van der Waals surface area contributed by atoms with Gasteiger partial charge < -0.3 is 20.4 Å². The maximum atomic E-state index is 12.4. The lowest BCUT2D eigenvalue weighted by Gasteiger charge is -2.19. The smallest absolute Gasteiger partial charge is 0.229 e. The van der Waals surface area contributed by atoms with E-state index < -0.39 is 0 Å². The molecule has 2 heterocycles. The van der Waals surface area contributed by atoms with Crippen LogP contribution in [0.1, 0.15) is 32.6 Å². The van der Waals surface area contributed by atoms with Gasteiger partial charge in [-0.3, -0.25) is 14.6 Å². The minimum atomic E-state index is 0. The van der Waals surface area contributed by atoms with E-state index >= 15 is 0 Å². The molecule has 1 atom stereocenters. The van der Waals surface area contributed by atoms with E-state index in [1.165, 1.54) is 0 Å². The lowest BCUT2D eigenvalue weighted by Crippen LogP contribution is -2.44. The van der Waals surface area contributed by atoms with Crippen LogP contribution < -0.4 is 15.5 Å². The number of carbonyl (C=O) groups excluding carboxylic acids is 2. The lowest BCUT2D eigenvalue weighted by atomic mass is 10.2. The van der Waals surface area contributed by atoms with Crippen molar-refractivity contribution in [2.24, 2.45) is 4.99 Å². The quantitative estimate of drug-likeness (QED) is 0.357. The first-order valence-corrected chi connectivity index (χ1v) is 9.85. The summed E-state index contributed by atoms with van der Waals surface area (Å²) in [6.45, 7) is 5.55. The van der Waals surface area contributed by atoms with Crippen molar-refractivity contribution in [3.8, 4) is 0 Å². The summed E-state index contributed by atoms with van der Waals surface area (Å²) < 4.78 is 0. The van der Waals surface area contributed by atoms with Crippen LogP contribution in [0.4, 0.5) is 5.69 Å². The third-order valence-corrected chi connectivity index (χ3v) is 4.93. The first kappa shape index (κ1) is 22.4. The van der Waals surface area contributed by atoms with Gasteiger partial charge in [0.2, 0.25) is 11.8 Å². The number of benzene rings is 1.